The van der Waals surface area contributed by atoms with Crippen molar-refractivity contribution in [3.05, 3.63) is 21.9 Å². The van der Waals surface area contributed by atoms with E-state index in [9.17, 15) is 4.79 Å². The van der Waals surface area contributed by atoms with E-state index in [0.717, 1.165) is 19.4 Å². The lowest BCUT2D eigenvalue weighted by Crippen LogP contribution is -2.45. The molecule has 2 heterocycles. The van der Waals surface area contributed by atoms with Gasteiger partial charge in [-0.1, -0.05) is 19.8 Å². The summed E-state index contributed by atoms with van der Waals surface area (Å²) in [6.45, 7) is 3.58. The van der Waals surface area contributed by atoms with Crippen LogP contribution in [0.1, 0.15) is 55.5 Å². The summed E-state index contributed by atoms with van der Waals surface area (Å²) in [6.07, 6.45) is 7.13. The van der Waals surface area contributed by atoms with Crippen LogP contribution < -0.4 is 5.32 Å². The molecular weight excluding hydrogens is 268 g/mol. The number of thiophene rings is 1. The van der Waals surface area contributed by atoms with Gasteiger partial charge in [0.25, 0.3) is 0 Å². The summed E-state index contributed by atoms with van der Waals surface area (Å²) >= 11 is 1.84. The lowest BCUT2D eigenvalue weighted by atomic mass is 9.98. The topological polar surface area (TPSA) is 32.3 Å². The van der Waals surface area contributed by atoms with Gasteiger partial charge < -0.3 is 10.2 Å². The molecule has 0 spiro atoms. The van der Waals surface area contributed by atoms with Crippen LogP contribution in [-0.2, 0) is 11.2 Å². The van der Waals surface area contributed by atoms with Gasteiger partial charge in [-0.15, -0.1) is 11.3 Å². The maximum Gasteiger partial charge on any atom is 0.237 e. The summed E-state index contributed by atoms with van der Waals surface area (Å²) in [5.74, 6) is 0.278. The average molecular weight is 292 g/mol. The molecule has 1 N–H and O–H groups in total. The molecule has 1 aromatic rings. The Bertz CT molecular complexity index is 465. The molecule has 0 radical (unpaired) electrons. The number of hydrogen-bond acceptors (Lipinski definition) is 3. The van der Waals surface area contributed by atoms with Gasteiger partial charge in [0.05, 0.1) is 12.6 Å². The molecule has 1 atom stereocenters. The van der Waals surface area contributed by atoms with Gasteiger partial charge in [-0.3, -0.25) is 4.79 Å². The van der Waals surface area contributed by atoms with Crippen LogP contribution >= 0.6 is 11.3 Å². The average Bonchev–Trinajstić information content (AvgIpc) is 3.14. The van der Waals surface area contributed by atoms with Gasteiger partial charge in [0.1, 0.15) is 0 Å². The number of fused-ring (bicyclic) bond motifs is 1. The normalized spacial score (nSPS) is 23.1. The standard InChI is InChI=1S/C16H24N2OS/c1-2-14-13-8-10-20-15(13)7-9-18(14)16(19)11-17-12-5-3-4-6-12/h8,10,12,14,17H,2-7,9,11H2,1H3. The van der Waals surface area contributed by atoms with Gasteiger partial charge in [0.2, 0.25) is 5.91 Å². The lowest BCUT2D eigenvalue weighted by Gasteiger charge is -2.35. The molecule has 0 bridgehead atoms. The molecule has 1 aliphatic heterocycles. The highest BCUT2D eigenvalue weighted by molar-refractivity contribution is 7.10. The Balaban J connectivity index is 1.62. The van der Waals surface area contributed by atoms with Crippen molar-refractivity contribution in [3.8, 4) is 0 Å². The van der Waals surface area contributed by atoms with E-state index in [4.69, 9.17) is 0 Å². The Morgan fingerprint density at radius 2 is 2.25 bits per heavy atom. The maximum absolute atomic E-state index is 12.5. The van der Waals surface area contributed by atoms with Crippen LogP contribution in [0.25, 0.3) is 0 Å². The molecule has 1 saturated carbocycles. The second-order valence-electron chi connectivity index (χ2n) is 5.92. The van der Waals surface area contributed by atoms with Crippen molar-refractivity contribution in [1.29, 1.82) is 0 Å². The van der Waals surface area contributed by atoms with Crippen LogP contribution in [0.3, 0.4) is 0 Å². The molecule has 1 unspecified atom stereocenters. The highest BCUT2D eigenvalue weighted by Crippen LogP contribution is 2.35. The number of rotatable bonds is 4. The first-order valence-electron chi connectivity index (χ1n) is 7.88. The predicted molar refractivity (Wildman–Crippen MR) is 83.0 cm³/mol. The molecule has 3 nitrogen and oxygen atoms in total. The monoisotopic (exact) mass is 292 g/mol. The van der Waals surface area contributed by atoms with E-state index in [1.807, 2.05) is 11.3 Å². The Kier molecular flexibility index (Phi) is 4.41. The molecule has 3 rings (SSSR count). The Hall–Kier alpha value is -0.870. The lowest BCUT2D eigenvalue weighted by molar-refractivity contribution is -0.133. The molecule has 0 saturated heterocycles. The van der Waals surface area contributed by atoms with E-state index in [1.165, 1.54) is 36.1 Å². The largest absolute Gasteiger partial charge is 0.334 e. The highest BCUT2D eigenvalue weighted by atomic mass is 32.1. The second kappa shape index (κ2) is 6.27. The Morgan fingerprint density at radius 1 is 1.45 bits per heavy atom. The zero-order valence-corrected chi connectivity index (χ0v) is 13.0. The number of carbonyl (C=O) groups excluding carboxylic acids is 1. The van der Waals surface area contributed by atoms with Crippen LogP contribution in [-0.4, -0.2) is 29.9 Å². The summed E-state index contributed by atoms with van der Waals surface area (Å²) in [4.78, 5) is 16.1. The molecule has 4 heteroatoms. The van der Waals surface area contributed by atoms with Crippen molar-refractivity contribution in [2.45, 2.75) is 57.5 Å². The second-order valence-corrected chi connectivity index (χ2v) is 6.92. The van der Waals surface area contributed by atoms with E-state index in [1.54, 1.807) is 0 Å². The molecule has 110 valence electrons. The van der Waals surface area contributed by atoms with Crippen LogP contribution in [0.5, 0.6) is 0 Å². The van der Waals surface area contributed by atoms with E-state index in [-0.39, 0.29) is 5.91 Å². The van der Waals surface area contributed by atoms with Gasteiger partial charge in [0.15, 0.2) is 0 Å². The summed E-state index contributed by atoms with van der Waals surface area (Å²) in [6, 6.07) is 3.07. The van der Waals surface area contributed by atoms with Crippen LogP contribution in [0.2, 0.25) is 0 Å². The van der Waals surface area contributed by atoms with E-state index >= 15 is 0 Å². The van der Waals surface area contributed by atoms with E-state index in [0.29, 0.717) is 18.6 Å². The SMILES string of the molecule is CCC1c2ccsc2CCN1C(=O)CNC1CCCC1. The predicted octanol–water partition coefficient (Wildman–Crippen LogP) is 3.12. The van der Waals surface area contributed by atoms with Crippen molar-refractivity contribution in [1.82, 2.24) is 10.2 Å². The first-order chi connectivity index (χ1) is 9.79. The van der Waals surface area contributed by atoms with Gasteiger partial charge in [-0.2, -0.15) is 0 Å². The fourth-order valence-electron chi connectivity index (χ4n) is 3.60. The van der Waals surface area contributed by atoms with E-state index in [2.05, 4.69) is 28.6 Å². The zero-order valence-electron chi connectivity index (χ0n) is 12.2. The van der Waals surface area contributed by atoms with Crippen LogP contribution in [0.15, 0.2) is 11.4 Å². The molecule has 0 aromatic carbocycles. The minimum atomic E-state index is 0.278. The number of hydrogen-bond donors (Lipinski definition) is 1. The van der Waals surface area contributed by atoms with Crippen LogP contribution in [0.4, 0.5) is 0 Å². The minimum absolute atomic E-state index is 0.278. The highest BCUT2D eigenvalue weighted by Gasteiger charge is 2.30. The maximum atomic E-state index is 12.5. The molecule has 20 heavy (non-hydrogen) atoms. The summed E-state index contributed by atoms with van der Waals surface area (Å²) in [7, 11) is 0. The molecular formula is C16H24N2OS. The third kappa shape index (κ3) is 2.77. The molecule has 1 amide bonds. The summed E-state index contributed by atoms with van der Waals surface area (Å²) in [5, 5.41) is 5.62. The summed E-state index contributed by atoms with van der Waals surface area (Å²) in [5.41, 5.74) is 1.39. The van der Waals surface area contributed by atoms with Crippen molar-refractivity contribution in [2.75, 3.05) is 13.1 Å². The van der Waals surface area contributed by atoms with Crippen molar-refractivity contribution < 1.29 is 4.79 Å². The first kappa shape index (κ1) is 14.1. The third-order valence-electron chi connectivity index (χ3n) is 4.70. The molecule has 1 aromatic heterocycles. The molecule has 2 aliphatic rings. The number of carbonyl (C=O) groups is 1. The zero-order chi connectivity index (χ0) is 13.9. The van der Waals surface area contributed by atoms with Crippen molar-refractivity contribution in [2.24, 2.45) is 0 Å². The number of amides is 1. The number of nitrogens with zero attached hydrogens (tertiary/aromatic N) is 1. The van der Waals surface area contributed by atoms with Gasteiger partial charge >= 0.3 is 0 Å². The third-order valence-corrected chi connectivity index (χ3v) is 5.70. The smallest absolute Gasteiger partial charge is 0.237 e. The Morgan fingerprint density at radius 3 is 3.00 bits per heavy atom. The fourth-order valence-corrected chi connectivity index (χ4v) is 4.53. The van der Waals surface area contributed by atoms with Gasteiger partial charge in [-0.05, 0) is 42.7 Å². The summed E-state index contributed by atoms with van der Waals surface area (Å²) < 4.78 is 0. The fraction of sp³-hybridized carbons (Fsp3) is 0.688. The van der Waals surface area contributed by atoms with Gasteiger partial charge in [0, 0.05) is 17.5 Å². The van der Waals surface area contributed by atoms with Gasteiger partial charge in [-0.25, -0.2) is 0 Å². The van der Waals surface area contributed by atoms with Crippen molar-refractivity contribution in [3.63, 3.8) is 0 Å². The first-order valence-corrected chi connectivity index (χ1v) is 8.76. The van der Waals surface area contributed by atoms with Crippen molar-refractivity contribution >= 4 is 17.2 Å². The van der Waals surface area contributed by atoms with Crippen LogP contribution in [0, 0.1) is 0 Å². The molecule has 1 fully saturated rings. The number of nitrogens with one attached hydrogen (secondary N) is 1. The Labute approximate surface area is 125 Å². The minimum Gasteiger partial charge on any atom is -0.334 e. The quantitative estimate of drug-likeness (QED) is 0.925. The molecule has 1 aliphatic carbocycles. The van der Waals surface area contributed by atoms with E-state index < -0.39 is 0 Å².